The molecule has 1 aliphatic carbocycles. The molecule has 0 heterocycles. The molecule has 0 saturated carbocycles. The third-order valence-corrected chi connectivity index (χ3v) is 3.93. The normalized spacial score (nSPS) is 14.7. The molecule has 18 heavy (non-hydrogen) atoms. The molecule has 0 aliphatic heterocycles. The van der Waals surface area contributed by atoms with E-state index in [1.54, 1.807) is 6.07 Å². The van der Waals surface area contributed by atoms with Crippen LogP contribution >= 0.6 is 31.9 Å². The lowest BCUT2D eigenvalue weighted by Crippen LogP contribution is -2.21. The molecule has 0 fully saturated rings. The van der Waals surface area contributed by atoms with Crippen molar-refractivity contribution >= 4 is 43.4 Å². The summed E-state index contributed by atoms with van der Waals surface area (Å²) < 4.78 is 10.8. The summed E-state index contributed by atoms with van der Waals surface area (Å²) in [5, 5.41) is 0. The first-order valence-electron chi connectivity index (χ1n) is 4.92. The number of benzene rings is 1. The molecule has 0 radical (unpaired) electrons. The van der Waals surface area contributed by atoms with Crippen molar-refractivity contribution in [3.8, 4) is 5.75 Å². The minimum atomic E-state index is -0.343. The Morgan fingerprint density at radius 3 is 2.11 bits per heavy atom. The topological polar surface area (TPSA) is 52.6 Å². The number of hydrogen-bond acceptors (Lipinski definition) is 4. The van der Waals surface area contributed by atoms with Crippen molar-refractivity contribution in [3.63, 3.8) is 0 Å². The second kappa shape index (κ2) is 4.85. The largest absolute Gasteiger partial charge is 0.496 e. The summed E-state index contributed by atoms with van der Waals surface area (Å²) in [6, 6.07) is 3.10. The number of allylic oxidation sites excluding steroid dienone is 2. The molecule has 1 aliphatic rings. The first-order valence-corrected chi connectivity index (χ1v) is 6.50. The zero-order valence-electron chi connectivity index (χ0n) is 9.54. The van der Waals surface area contributed by atoms with Crippen LogP contribution in [0.4, 0.5) is 0 Å². The molecular weight excluding hydrogens is 368 g/mol. The van der Waals surface area contributed by atoms with Gasteiger partial charge in [0.15, 0.2) is 5.76 Å². The van der Waals surface area contributed by atoms with Gasteiger partial charge in [0.2, 0.25) is 11.6 Å². The molecule has 94 valence electrons. The van der Waals surface area contributed by atoms with Gasteiger partial charge in [0.1, 0.15) is 10.2 Å². The lowest BCUT2D eigenvalue weighted by molar-refractivity contribution is 0.0914. The zero-order chi connectivity index (χ0) is 13.4. The predicted octanol–water partition coefficient (Wildman–Crippen LogP) is 3.09. The van der Waals surface area contributed by atoms with Crippen LogP contribution in [-0.2, 0) is 4.74 Å². The first-order chi connectivity index (χ1) is 8.51. The Balaban J connectivity index is 2.70. The van der Waals surface area contributed by atoms with Crippen molar-refractivity contribution in [1.29, 1.82) is 0 Å². The van der Waals surface area contributed by atoms with Gasteiger partial charge >= 0.3 is 0 Å². The highest BCUT2D eigenvalue weighted by Gasteiger charge is 2.33. The predicted molar refractivity (Wildman–Crippen MR) is 72.3 cm³/mol. The van der Waals surface area contributed by atoms with Crippen LogP contribution in [0.1, 0.15) is 20.7 Å². The number of ether oxygens (including phenoxy) is 2. The Morgan fingerprint density at radius 1 is 0.944 bits per heavy atom. The summed E-state index contributed by atoms with van der Waals surface area (Å²) in [7, 11) is 2.84. The maximum absolute atomic E-state index is 12.1. The van der Waals surface area contributed by atoms with E-state index in [2.05, 4.69) is 31.9 Å². The Labute approximate surface area is 120 Å². The number of ketones is 2. The monoisotopic (exact) mass is 374 g/mol. The van der Waals surface area contributed by atoms with E-state index in [0.29, 0.717) is 15.8 Å². The fraction of sp³-hybridized carbons (Fsp3) is 0.167. The van der Waals surface area contributed by atoms with Gasteiger partial charge in [0, 0.05) is 11.1 Å². The first kappa shape index (κ1) is 13.3. The summed E-state index contributed by atoms with van der Waals surface area (Å²) in [5.41, 5.74) is 0.598. The van der Waals surface area contributed by atoms with Crippen LogP contribution in [0.25, 0.3) is 0 Å². The summed E-state index contributed by atoms with van der Waals surface area (Å²) in [6.07, 6.45) is 0. The molecule has 0 amide bonds. The average Bonchev–Trinajstić information content (AvgIpc) is 2.36. The van der Waals surface area contributed by atoms with E-state index in [4.69, 9.17) is 9.47 Å². The van der Waals surface area contributed by atoms with Crippen LogP contribution in [0.2, 0.25) is 0 Å². The molecule has 0 unspecified atom stereocenters. The molecule has 0 saturated heterocycles. The van der Waals surface area contributed by atoms with Crippen molar-refractivity contribution in [2.24, 2.45) is 0 Å². The molecule has 1 aromatic carbocycles. The van der Waals surface area contributed by atoms with E-state index in [1.165, 1.54) is 20.3 Å². The minimum absolute atomic E-state index is 0.0110. The second-order valence-electron chi connectivity index (χ2n) is 3.54. The SMILES string of the molecule is COC1=C(Br)C(=O)c2cc(Br)c(OC)cc2C1=O. The molecule has 0 atom stereocenters. The lowest BCUT2D eigenvalue weighted by Gasteiger charge is -2.18. The maximum Gasteiger partial charge on any atom is 0.229 e. The van der Waals surface area contributed by atoms with Crippen molar-refractivity contribution in [2.45, 2.75) is 0 Å². The molecule has 4 nitrogen and oxygen atoms in total. The number of carbonyl (C=O) groups excluding carboxylic acids is 2. The van der Waals surface area contributed by atoms with Crippen molar-refractivity contribution in [1.82, 2.24) is 0 Å². The fourth-order valence-corrected chi connectivity index (χ4v) is 2.77. The van der Waals surface area contributed by atoms with Crippen LogP contribution in [0.15, 0.2) is 26.8 Å². The molecule has 0 aromatic heterocycles. The minimum Gasteiger partial charge on any atom is -0.496 e. The summed E-state index contributed by atoms with van der Waals surface area (Å²) in [6.45, 7) is 0. The molecule has 0 bridgehead atoms. The average molecular weight is 376 g/mol. The number of carbonyl (C=O) groups is 2. The maximum atomic E-state index is 12.1. The number of methoxy groups -OCH3 is 2. The van der Waals surface area contributed by atoms with Gasteiger partial charge in [0.25, 0.3) is 0 Å². The summed E-state index contributed by atoms with van der Waals surface area (Å²) in [5.74, 6) is -0.130. The van der Waals surface area contributed by atoms with E-state index in [1.807, 2.05) is 0 Å². The van der Waals surface area contributed by atoms with Gasteiger partial charge < -0.3 is 9.47 Å². The molecule has 2 rings (SSSR count). The smallest absolute Gasteiger partial charge is 0.229 e. The van der Waals surface area contributed by atoms with Crippen LogP contribution in [0, 0.1) is 0 Å². The Kier molecular flexibility index (Phi) is 3.59. The van der Waals surface area contributed by atoms with Crippen molar-refractivity contribution in [2.75, 3.05) is 14.2 Å². The molecule has 0 N–H and O–H groups in total. The van der Waals surface area contributed by atoms with E-state index >= 15 is 0 Å². The van der Waals surface area contributed by atoms with Gasteiger partial charge in [0.05, 0.1) is 18.7 Å². The Morgan fingerprint density at radius 2 is 1.56 bits per heavy atom. The van der Waals surface area contributed by atoms with E-state index in [0.717, 1.165) is 0 Å². The van der Waals surface area contributed by atoms with Crippen LogP contribution in [0.3, 0.4) is 0 Å². The molecular formula is C12H8Br2O4. The standard InChI is InChI=1S/C12H8Br2O4/c1-17-8-4-6-5(3-7(8)13)10(15)9(14)12(18-2)11(6)16/h3-4H,1-2H3. The third-order valence-electron chi connectivity index (χ3n) is 2.59. The quantitative estimate of drug-likeness (QED) is 0.797. The number of fused-ring (bicyclic) bond motifs is 1. The number of halogens is 2. The van der Waals surface area contributed by atoms with Gasteiger partial charge in [-0.1, -0.05) is 0 Å². The molecule has 0 spiro atoms. The fourth-order valence-electron chi connectivity index (χ4n) is 1.71. The van der Waals surface area contributed by atoms with E-state index in [-0.39, 0.29) is 27.4 Å². The third kappa shape index (κ3) is 1.89. The highest BCUT2D eigenvalue weighted by molar-refractivity contribution is 9.12. The highest BCUT2D eigenvalue weighted by atomic mass is 79.9. The van der Waals surface area contributed by atoms with Crippen LogP contribution in [-0.4, -0.2) is 25.8 Å². The van der Waals surface area contributed by atoms with Crippen LogP contribution in [0.5, 0.6) is 5.75 Å². The molecule has 6 heteroatoms. The van der Waals surface area contributed by atoms with Crippen molar-refractivity contribution < 1.29 is 19.1 Å². The van der Waals surface area contributed by atoms with E-state index < -0.39 is 0 Å². The lowest BCUT2D eigenvalue weighted by atomic mass is 9.93. The molecule has 1 aromatic rings. The van der Waals surface area contributed by atoms with Gasteiger partial charge in [-0.3, -0.25) is 9.59 Å². The van der Waals surface area contributed by atoms with Gasteiger partial charge in [-0.15, -0.1) is 0 Å². The highest BCUT2D eigenvalue weighted by Crippen LogP contribution is 2.35. The van der Waals surface area contributed by atoms with Crippen molar-refractivity contribution in [3.05, 3.63) is 38.0 Å². The van der Waals surface area contributed by atoms with E-state index in [9.17, 15) is 9.59 Å². The van der Waals surface area contributed by atoms with Gasteiger partial charge in [-0.2, -0.15) is 0 Å². The summed E-state index contributed by atoms with van der Waals surface area (Å²) in [4.78, 5) is 24.2. The van der Waals surface area contributed by atoms with Gasteiger partial charge in [-0.05, 0) is 44.0 Å². The number of rotatable bonds is 2. The van der Waals surface area contributed by atoms with Crippen LogP contribution < -0.4 is 4.74 Å². The Bertz CT molecular complexity index is 590. The second-order valence-corrected chi connectivity index (χ2v) is 5.19. The number of Topliss-reactive ketones (excluding diaryl/α,β-unsaturated/α-hetero) is 2. The summed E-state index contributed by atoms with van der Waals surface area (Å²) >= 11 is 6.37. The number of hydrogen-bond donors (Lipinski definition) is 0. The van der Waals surface area contributed by atoms with Gasteiger partial charge in [-0.25, -0.2) is 0 Å². The zero-order valence-corrected chi connectivity index (χ0v) is 12.7. The Hall–Kier alpha value is -1.14.